The summed E-state index contributed by atoms with van der Waals surface area (Å²) in [5, 5.41) is 0. The van der Waals surface area contributed by atoms with Gasteiger partial charge in [-0.1, -0.05) is 12.2 Å². The monoisotopic (exact) mass is 113 g/mol. The van der Waals surface area contributed by atoms with Crippen LogP contribution in [0.25, 0.3) is 0 Å². The number of allylic oxidation sites excluding steroid dienone is 2. The molecule has 48 valence electrons. The van der Waals surface area contributed by atoms with E-state index >= 15 is 0 Å². The molecular formula is C7H15N. The molecule has 0 bridgehead atoms. The van der Waals surface area contributed by atoms with Gasteiger partial charge in [0.25, 0.3) is 0 Å². The molecule has 0 saturated heterocycles. The molecule has 0 aliphatic heterocycles. The highest BCUT2D eigenvalue weighted by molar-refractivity contribution is 4.77. The molecular weight excluding hydrogens is 98.1 g/mol. The first-order valence-electron chi connectivity index (χ1n) is 3.14. The smallest absolute Gasteiger partial charge is 0.00134 e. The van der Waals surface area contributed by atoms with E-state index < -0.39 is 0 Å². The van der Waals surface area contributed by atoms with Crippen molar-refractivity contribution >= 4 is 0 Å². The van der Waals surface area contributed by atoms with E-state index in [0.717, 1.165) is 12.8 Å². The fraction of sp³-hybridized carbons (Fsp3) is 0.714. The van der Waals surface area contributed by atoms with Gasteiger partial charge in [0.2, 0.25) is 0 Å². The van der Waals surface area contributed by atoms with Gasteiger partial charge in [0, 0.05) is 6.04 Å². The highest BCUT2D eigenvalue weighted by atomic mass is 14.6. The molecule has 2 N–H and O–H groups in total. The van der Waals surface area contributed by atoms with E-state index in [9.17, 15) is 0 Å². The van der Waals surface area contributed by atoms with Gasteiger partial charge in [-0.05, 0) is 26.7 Å². The molecule has 0 aromatic rings. The maximum Gasteiger partial charge on any atom is 0.00134 e. The molecule has 0 radical (unpaired) electrons. The zero-order chi connectivity index (χ0) is 6.41. The van der Waals surface area contributed by atoms with E-state index in [1.54, 1.807) is 0 Å². The standard InChI is InChI=1S/C7H15N/c1-3-4-5-6-7(2)8/h3-4,7H,5-6,8H2,1-2H3/b4-3+/t7-/m1/s1. The third-order valence-electron chi connectivity index (χ3n) is 1.02. The first-order chi connectivity index (χ1) is 3.77. The fourth-order valence-electron chi connectivity index (χ4n) is 0.526. The molecule has 0 rings (SSSR count). The Labute approximate surface area is 51.6 Å². The quantitative estimate of drug-likeness (QED) is 0.554. The zero-order valence-corrected chi connectivity index (χ0v) is 5.72. The molecule has 0 amide bonds. The van der Waals surface area contributed by atoms with E-state index in [2.05, 4.69) is 12.2 Å². The summed E-state index contributed by atoms with van der Waals surface area (Å²) in [7, 11) is 0. The van der Waals surface area contributed by atoms with Gasteiger partial charge in [0.05, 0.1) is 0 Å². The van der Waals surface area contributed by atoms with Gasteiger partial charge in [-0.15, -0.1) is 0 Å². The number of rotatable bonds is 3. The second-order valence-corrected chi connectivity index (χ2v) is 2.12. The largest absolute Gasteiger partial charge is 0.328 e. The molecule has 0 fully saturated rings. The Morgan fingerprint density at radius 3 is 2.62 bits per heavy atom. The van der Waals surface area contributed by atoms with Crippen molar-refractivity contribution in [3.8, 4) is 0 Å². The van der Waals surface area contributed by atoms with Crippen molar-refractivity contribution in [3.05, 3.63) is 12.2 Å². The SMILES string of the molecule is C/C=C/CC[C@@H](C)N. The summed E-state index contributed by atoms with van der Waals surface area (Å²) in [6, 6.07) is 0.353. The summed E-state index contributed by atoms with van der Waals surface area (Å²) < 4.78 is 0. The minimum atomic E-state index is 0.353. The minimum absolute atomic E-state index is 0.353. The summed E-state index contributed by atoms with van der Waals surface area (Å²) in [4.78, 5) is 0. The Balaban J connectivity index is 2.93. The van der Waals surface area contributed by atoms with Gasteiger partial charge < -0.3 is 5.73 Å². The predicted octanol–water partition coefficient (Wildman–Crippen LogP) is 1.69. The van der Waals surface area contributed by atoms with Gasteiger partial charge in [-0.3, -0.25) is 0 Å². The molecule has 0 saturated carbocycles. The summed E-state index contributed by atoms with van der Waals surface area (Å²) in [5.74, 6) is 0. The first-order valence-corrected chi connectivity index (χ1v) is 3.14. The molecule has 0 aliphatic carbocycles. The summed E-state index contributed by atoms with van der Waals surface area (Å²) in [5.41, 5.74) is 5.50. The van der Waals surface area contributed by atoms with Crippen molar-refractivity contribution in [2.45, 2.75) is 32.7 Å². The Hall–Kier alpha value is -0.300. The number of hydrogen-bond donors (Lipinski definition) is 1. The van der Waals surface area contributed by atoms with Crippen LogP contribution in [-0.2, 0) is 0 Å². The molecule has 0 aliphatic rings. The third kappa shape index (κ3) is 5.70. The summed E-state index contributed by atoms with van der Waals surface area (Å²) in [6.45, 7) is 4.06. The topological polar surface area (TPSA) is 26.0 Å². The minimum Gasteiger partial charge on any atom is -0.328 e. The Morgan fingerprint density at radius 1 is 1.62 bits per heavy atom. The van der Waals surface area contributed by atoms with Crippen LogP contribution in [0.5, 0.6) is 0 Å². The van der Waals surface area contributed by atoms with E-state index in [4.69, 9.17) is 5.73 Å². The second-order valence-electron chi connectivity index (χ2n) is 2.12. The average Bonchev–Trinajstić information content (AvgIpc) is 1.66. The molecule has 0 unspecified atom stereocenters. The molecule has 8 heavy (non-hydrogen) atoms. The lowest BCUT2D eigenvalue weighted by Crippen LogP contribution is -2.13. The van der Waals surface area contributed by atoms with E-state index in [-0.39, 0.29) is 0 Å². The summed E-state index contributed by atoms with van der Waals surface area (Å²) >= 11 is 0. The number of hydrogen-bond acceptors (Lipinski definition) is 1. The van der Waals surface area contributed by atoms with Crippen LogP contribution >= 0.6 is 0 Å². The van der Waals surface area contributed by atoms with Crippen LogP contribution in [0, 0.1) is 0 Å². The van der Waals surface area contributed by atoms with Gasteiger partial charge in [0.1, 0.15) is 0 Å². The molecule has 0 spiro atoms. The van der Waals surface area contributed by atoms with Crippen LogP contribution in [0.3, 0.4) is 0 Å². The first kappa shape index (κ1) is 7.70. The van der Waals surface area contributed by atoms with Crippen LogP contribution in [-0.4, -0.2) is 6.04 Å². The summed E-state index contributed by atoms with van der Waals surface area (Å²) in [6.07, 6.45) is 6.42. The molecule has 0 aromatic carbocycles. The predicted molar refractivity (Wildman–Crippen MR) is 37.7 cm³/mol. The van der Waals surface area contributed by atoms with Gasteiger partial charge in [0.15, 0.2) is 0 Å². The van der Waals surface area contributed by atoms with E-state index in [1.165, 1.54) is 0 Å². The molecule has 1 nitrogen and oxygen atoms in total. The highest BCUT2D eigenvalue weighted by Gasteiger charge is 1.87. The Kier molecular flexibility index (Phi) is 4.67. The fourth-order valence-corrected chi connectivity index (χ4v) is 0.526. The van der Waals surface area contributed by atoms with E-state index in [1.807, 2.05) is 13.8 Å². The Bertz CT molecular complexity index is 64.8. The van der Waals surface area contributed by atoms with Crippen LogP contribution in [0.15, 0.2) is 12.2 Å². The van der Waals surface area contributed by atoms with Crippen LogP contribution < -0.4 is 5.73 Å². The lowest BCUT2D eigenvalue weighted by Gasteiger charge is -1.98. The molecule has 0 heterocycles. The number of nitrogens with two attached hydrogens (primary N) is 1. The lowest BCUT2D eigenvalue weighted by atomic mass is 10.2. The highest BCUT2D eigenvalue weighted by Crippen LogP contribution is 1.93. The van der Waals surface area contributed by atoms with Crippen LogP contribution in [0.2, 0.25) is 0 Å². The Morgan fingerprint density at radius 2 is 2.25 bits per heavy atom. The maximum atomic E-state index is 5.50. The van der Waals surface area contributed by atoms with Gasteiger partial charge in [-0.25, -0.2) is 0 Å². The molecule has 0 aromatic heterocycles. The van der Waals surface area contributed by atoms with Gasteiger partial charge in [-0.2, -0.15) is 0 Å². The van der Waals surface area contributed by atoms with Crippen molar-refractivity contribution < 1.29 is 0 Å². The van der Waals surface area contributed by atoms with Crippen LogP contribution in [0.1, 0.15) is 26.7 Å². The molecule has 1 atom stereocenters. The lowest BCUT2D eigenvalue weighted by molar-refractivity contribution is 0.676. The third-order valence-corrected chi connectivity index (χ3v) is 1.02. The second kappa shape index (κ2) is 4.85. The molecule has 1 heteroatoms. The van der Waals surface area contributed by atoms with E-state index in [0.29, 0.717) is 6.04 Å². The van der Waals surface area contributed by atoms with Gasteiger partial charge >= 0.3 is 0 Å². The maximum absolute atomic E-state index is 5.50. The van der Waals surface area contributed by atoms with Crippen molar-refractivity contribution in [1.29, 1.82) is 0 Å². The van der Waals surface area contributed by atoms with Crippen molar-refractivity contribution in [2.24, 2.45) is 5.73 Å². The van der Waals surface area contributed by atoms with Crippen molar-refractivity contribution in [3.63, 3.8) is 0 Å². The normalized spacial score (nSPS) is 14.9. The van der Waals surface area contributed by atoms with Crippen molar-refractivity contribution in [1.82, 2.24) is 0 Å². The zero-order valence-electron chi connectivity index (χ0n) is 5.72. The van der Waals surface area contributed by atoms with Crippen LogP contribution in [0.4, 0.5) is 0 Å². The average molecular weight is 113 g/mol. The van der Waals surface area contributed by atoms with Crippen molar-refractivity contribution in [2.75, 3.05) is 0 Å².